The molecule has 2 fully saturated rings. The number of piperidine rings is 1. The molecule has 132 valence electrons. The van der Waals surface area contributed by atoms with E-state index in [1.54, 1.807) is 7.11 Å². The number of hydrogen-bond donors (Lipinski definition) is 0. The molecule has 0 radical (unpaired) electrons. The van der Waals surface area contributed by atoms with Crippen LogP contribution in [0.25, 0.3) is 5.69 Å². The first-order valence-electron chi connectivity index (χ1n) is 9.19. The second kappa shape index (κ2) is 6.54. The van der Waals surface area contributed by atoms with Crippen LogP contribution < -0.4 is 4.74 Å². The summed E-state index contributed by atoms with van der Waals surface area (Å²) in [6.07, 6.45) is 4.52. The molecule has 1 aliphatic heterocycles. The van der Waals surface area contributed by atoms with E-state index < -0.39 is 0 Å². The summed E-state index contributed by atoms with van der Waals surface area (Å²) in [6.45, 7) is 3.94. The molecule has 1 aromatic heterocycles. The third kappa shape index (κ3) is 3.28. The number of methoxy groups -OCH3 is 1. The average molecular weight is 339 g/mol. The van der Waals surface area contributed by atoms with Gasteiger partial charge in [0.2, 0.25) is 0 Å². The molecule has 1 aliphatic carbocycles. The maximum Gasteiger partial charge on any atom is 0.274 e. The van der Waals surface area contributed by atoms with Crippen molar-refractivity contribution in [2.75, 3.05) is 20.2 Å². The fourth-order valence-corrected chi connectivity index (χ4v) is 3.47. The van der Waals surface area contributed by atoms with E-state index in [2.05, 4.69) is 12.0 Å². The molecular formula is C20H25N3O2. The van der Waals surface area contributed by atoms with Gasteiger partial charge in [0.15, 0.2) is 5.69 Å². The lowest BCUT2D eigenvalue weighted by Crippen LogP contribution is -2.38. The normalized spacial score (nSPS) is 18.4. The number of carbonyl (C=O) groups excluding carboxylic acids is 1. The molecule has 0 bridgehead atoms. The molecule has 0 spiro atoms. The first kappa shape index (κ1) is 16.2. The number of nitrogens with zero attached hydrogens (tertiary/aromatic N) is 3. The number of rotatable bonds is 4. The van der Waals surface area contributed by atoms with Gasteiger partial charge in [0.1, 0.15) is 5.75 Å². The van der Waals surface area contributed by atoms with Gasteiger partial charge in [-0.15, -0.1) is 0 Å². The highest BCUT2D eigenvalue weighted by molar-refractivity contribution is 5.92. The number of carbonyl (C=O) groups is 1. The number of hydrogen-bond acceptors (Lipinski definition) is 3. The zero-order valence-corrected chi connectivity index (χ0v) is 14.9. The first-order chi connectivity index (χ1) is 12.2. The van der Waals surface area contributed by atoms with Gasteiger partial charge in [-0.2, -0.15) is 5.10 Å². The van der Waals surface area contributed by atoms with Crippen LogP contribution in [0.5, 0.6) is 5.75 Å². The molecule has 0 unspecified atom stereocenters. The number of amides is 1. The van der Waals surface area contributed by atoms with E-state index in [4.69, 9.17) is 4.74 Å². The molecule has 1 saturated carbocycles. The quantitative estimate of drug-likeness (QED) is 0.854. The lowest BCUT2D eigenvalue weighted by Gasteiger charge is -2.29. The summed E-state index contributed by atoms with van der Waals surface area (Å²) >= 11 is 0. The first-order valence-corrected chi connectivity index (χ1v) is 9.19. The molecule has 0 N–H and O–H groups in total. The van der Waals surface area contributed by atoms with Crippen LogP contribution >= 0.6 is 0 Å². The van der Waals surface area contributed by atoms with Gasteiger partial charge in [-0.1, -0.05) is 6.92 Å². The van der Waals surface area contributed by atoms with Crippen LogP contribution in [-0.2, 0) is 0 Å². The third-order valence-corrected chi connectivity index (χ3v) is 5.34. The Morgan fingerprint density at radius 2 is 1.80 bits per heavy atom. The monoisotopic (exact) mass is 339 g/mol. The van der Waals surface area contributed by atoms with Crippen LogP contribution in [0.4, 0.5) is 0 Å². The highest BCUT2D eigenvalue weighted by Crippen LogP contribution is 2.41. The molecule has 1 amide bonds. The van der Waals surface area contributed by atoms with Crippen LogP contribution in [0.2, 0.25) is 0 Å². The van der Waals surface area contributed by atoms with Gasteiger partial charge >= 0.3 is 0 Å². The number of likely N-dealkylation sites (tertiary alicyclic amines) is 1. The SMILES string of the molecule is COc1ccc(-n2nc(C(=O)N3CCC(C)CC3)cc2C2CC2)cc1. The van der Waals surface area contributed by atoms with E-state index in [1.807, 2.05) is 39.9 Å². The summed E-state index contributed by atoms with van der Waals surface area (Å²) in [7, 11) is 1.66. The molecule has 2 aromatic rings. The van der Waals surface area contributed by atoms with Gasteiger partial charge in [-0.25, -0.2) is 4.68 Å². The van der Waals surface area contributed by atoms with Crippen LogP contribution in [0.1, 0.15) is 54.7 Å². The van der Waals surface area contributed by atoms with E-state index in [-0.39, 0.29) is 5.91 Å². The van der Waals surface area contributed by atoms with Gasteiger partial charge < -0.3 is 9.64 Å². The van der Waals surface area contributed by atoms with Gasteiger partial charge in [0, 0.05) is 24.7 Å². The Hall–Kier alpha value is -2.30. The standard InChI is InChI=1S/C20H25N3O2/c1-14-9-11-22(12-10-14)20(24)18-13-19(15-3-4-15)23(21-18)16-5-7-17(25-2)8-6-16/h5-8,13-15H,3-4,9-12H2,1-2H3. The molecule has 2 heterocycles. The van der Waals surface area contributed by atoms with Gasteiger partial charge in [-0.3, -0.25) is 4.79 Å². The van der Waals surface area contributed by atoms with Crippen molar-refractivity contribution >= 4 is 5.91 Å². The zero-order valence-electron chi connectivity index (χ0n) is 14.9. The lowest BCUT2D eigenvalue weighted by atomic mass is 9.99. The predicted octanol–water partition coefficient (Wildman–Crippen LogP) is 3.63. The van der Waals surface area contributed by atoms with E-state index in [0.717, 1.165) is 43.1 Å². The Morgan fingerprint density at radius 1 is 1.12 bits per heavy atom. The van der Waals surface area contributed by atoms with Crippen molar-refractivity contribution in [3.63, 3.8) is 0 Å². The minimum atomic E-state index is 0.0704. The summed E-state index contributed by atoms with van der Waals surface area (Å²) in [6, 6.07) is 9.85. The summed E-state index contributed by atoms with van der Waals surface area (Å²) in [4.78, 5) is 14.8. The van der Waals surface area contributed by atoms with Gasteiger partial charge in [0.05, 0.1) is 12.8 Å². The molecule has 4 rings (SSSR count). The van der Waals surface area contributed by atoms with Crippen molar-refractivity contribution < 1.29 is 9.53 Å². The molecule has 25 heavy (non-hydrogen) atoms. The highest BCUT2D eigenvalue weighted by atomic mass is 16.5. The topological polar surface area (TPSA) is 47.4 Å². The van der Waals surface area contributed by atoms with E-state index in [1.165, 1.54) is 12.8 Å². The third-order valence-electron chi connectivity index (χ3n) is 5.34. The summed E-state index contributed by atoms with van der Waals surface area (Å²) in [5.74, 6) is 2.13. The van der Waals surface area contributed by atoms with Crippen molar-refractivity contribution in [2.24, 2.45) is 5.92 Å². The van der Waals surface area contributed by atoms with Crippen LogP contribution in [0.3, 0.4) is 0 Å². The molecule has 5 nitrogen and oxygen atoms in total. The number of ether oxygens (including phenoxy) is 1. The molecule has 2 aliphatic rings. The summed E-state index contributed by atoms with van der Waals surface area (Å²) in [5.41, 5.74) is 2.71. The largest absolute Gasteiger partial charge is 0.497 e. The highest BCUT2D eigenvalue weighted by Gasteiger charge is 2.31. The smallest absolute Gasteiger partial charge is 0.274 e. The second-order valence-electron chi connectivity index (χ2n) is 7.31. The van der Waals surface area contributed by atoms with Crippen molar-refractivity contribution in [3.8, 4) is 11.4 Å². The lowest BCUT2D eigenvalue weighted by molar-refractivity contribution is 0.0691. The maximum absolute atomic E-state index is 12.9. The Morgan fingerprint density at radius 3 is 2.40 bits per heavy atom. The van der Waals surface area contributed by atoms with Crippen molar-refractivity contribution in [2.45, 2.75) is 38.5 Å². The van der Waals surface area contributed by atoms with Crippen molar-refractivity contribution in [3.05, 3.63) is 41.7 Å². The minimum Gasteiger partial charge on any atom is -0.497 e. The Labute approximate surface area is 148 Å². The Kier molecular flexibility index (Phi) is 4.24. The van der Waals surface area contributed by atoms with Crippen molar-refractivity contribution in [1.82, 2.24) is 14.7 Å². The fraction of sp³-hybridized carbons (Fsp3) is 0.500. The van der Waals surface area contributed by atoms with Gasteiger partial charge in [-0.05, 0) is 61.9 Å². The van der Waals surface area contributed by atoms with E-state index >= 15 is 0 Å². The Balaban J connectivity index is 1.62. The van der Waals surface area contributed by atoms with Crippen LogP contribution in [0.15, 0.2) is 30.3 Å². The van der Waals surface area contributed by atoms with Crippen LogP contribution in [-0.4, -0.2) is 40.8 Å². The second-order valence-corrected chi connectivity index (χ2v) is 7.31. The molecule has 1 aromatic carbocycles. The number of aromatic nitrogens is 2. The van der Waals surface area contributed by atoms with Crippen LogP contribution in [0, 0.1) is 5.92 Å². The molecule has 5 heteroatoms. The summed E-state index contributed by atoms with van der Waals surface area (Å²) < 4.78 is 7.18. The molecular weight excluding hydrogens is 314 g/mol. The molecule has 0 atom stereocenters. The Bertz CT molecular complexity index is 754. The number of benzene rings is 1. The summed E-state index contributed by atoms with van der Waals surface area (Å²) in [5, 5.41) is 4.68. The van der Waals surface area contributed by atoms with Crippen molar-refractivity contribution in [1.29, 1.82) is 0 Å². The predicted molar refractivity (Wildman–Crippen MR) is 96.4 cm³/mol. The van der Waals surface area contributed by atoms with E-state index in [9.17, 15) is 4.79 Å². The molecule has 1 saturated heterocycles. The van der Waals surface area contributed by atoms with Gasteiger partial charge in [0.25, 0.3) is 5.91 Å². The zero-order chi connectivity index (χ0) is 17.4. The van der Waals surface area contributed by atoms with E-state index in [0.29, 0.717) is 17.5 Å². The average Bonchev–Trinajstić information content (AvgIpc) is 3.40. The minimum absolute atomic E-state index is 0.0704. The maximum atomic E-state index is 12.9. The fourth-order valence-electron chi connectivity index (χ4n) is 3.47.